The van der Waals surface area contributed by atoms with Crippen LogP contribution in [0.5, 0.6) is 0 Å². The van der Waals surface area contributed by atoms with Crippen LogP contribution < -0.4 is 5.73 Å². The number of nitrogens with zero attached hydrogens (tertiary/aromatic N) is 2. The monoisotopic (exact) mass is 199 g/mol. The molecule has 2 N–H and O–H groups in total. The van der Waals surface area contributed by atoms with Crippen molar-refractivity contribution in [1.82, 2.24) is 9.97 Å². The lowest BCUT2D eigenvalue weighted by Gasteiger charge is -2.21. The molecule has 0 atom stereocenters. The van der Waals surface area contributed by atoms with E-state index in [4.69, 9.17) is 10.5 Å². The fourth-order valence-electron chi connectivity index (χ4n) is 0.942. The van der Waals surface area contributed by atoms with Crippen LogP contribution in [0.15, 0.2) is 0 Å². The van der Waals surface area contributed by atoms with Crippen molar-refractivity contribution in [2.45, 2.75) is 26.4 Å². The van der Waals surface area contributed by atoms with Crippen molar-refractivity contribution in [3.8, 4) is 0 Å². The molecule has 0 unspecified atom stereocenters. The first-order valence-electron chi connectivity index (χ1n) is 4.23. The number of rotatable bonds is 2. The Hall–Kier alpha value is -1.23. The van der Waals surface area contributed by atoms with Crippen molar-refractivity contribution in [3.05, 3.63) is 17.3 Å². The Bertz CT molecular complexity index is 329. The summed E-state index contributed by atoms with van der Waals surface area (Å²) in [5, 5.41) is 0. The Labute approximate surface area is 82.3 Å². The number of halogens is 1. The Balaban J connectivity index is 3.26. The Morgan fingerprint density at radius 1 is 1.36 bits per heavy atom. The van der Waals surface area contributed by atoms with Gasteiger partial charge in [-0.15, -0.1) is 0 Å². The average Bonchev–Trinajstić information content (AvgIpc) is 2.13. The van der Waals surface area contributed by atoms with E-state index in [2.05, 4.69) is 9.97 Å². The lowest BCUT2D eigenvalue weighted by atomic mass is 10.1. The fraction of sp³-hybridized carbons (Fsp3) is 0.556. The molecule has 0 aliphatic carbocycles. The largest absolute Gasteiger partial charge is 0.381 e. The first-order chi connectivity index (χ1) is 6.38. The van der Waals surface area contributed by atoms with Gasteiger partial charge in [0.15, 0.2) is 17.5 Å². The van der Waals surface area contributed by atoms with E-state index in [0.29, 0.717) is 5.82 Å². The number of methoxy groups -OCH3 is 1. The molecule has 0 saturated heterocycles. The molecular weight excluding hydrogens is 185 g/mol. The predicted molar refractivity (Wildman–Crippen MR) is 51.2 cm³/mol. The second-order valence-corrected chi connectivity index (χ2v) is 3.55. The molecule has 0 saturated carbocycles. The molecule has 0 radical (unpaired) electrons. The summed E-state index contributed by atoms with van der Waals surface area (Å²) < 4.78 is 18.3. The maximum atomic E-state index is 13.1. The molecule has 4 nitrogen and oxygen atoms in total. The molecule has 0 aromatic carbocycles. The molecule has 1 aromatic rings. The van der Waals surface area contributed by atoms with Crippen molar-refractivity contribution in [2.75, 3.05) is 12.8 Å². The zero-order valence-electron chi connectivity index (χ0n) is 8.76. The number of aromatic nitrogens is 2. The normalized spacial score (nSPS) is 11.8. The molecule has 0 fully saturated rings. The number of nitrogens with two attached hydrogens (primary N) is 1. The second kappa shape index (κ2) is 3.49. The zero-order valence-corrected chi connectivity index (χ0v) is 8.76. The van der Waals surface area contributed by atoms with Gasteiger partial charge in [0, 0.05) is 7.11 Å². The molecule has 14 heavy (non-hydrogen) atoms. The van der Waals surface area contributed by atoms with Gasteiger partial charge in [0.05, 0.1) is 5.69 Å². The van der Waals surface area contributed by atoms with Gasteiger partial charge in [0.25, 0.3) is 0 Å². The van der Waals surface area contributed by atoms with E-state index >= 15 is 0 Å². The average molecular weight is 199 g/mol. The third-order valence-electron chi connectivity index (χ3n) is 2.09. The molecule has 1 rings (SSSR count). The van der Waals surface area contributed by atoms with Gasteiger partial charge in [-0.3, -0.25) is 0 Å². The van der Waals surface area contributed by atoms with Crippen molar-refractivity contribution >= 4 is 5.82 Å². The Morgan fingerprint density at radius 3 is 2.36 bits per heavy atom. The van der Waals surface area contributed by atoms with Crippen LogP contribution in [0.1, 0.15) is 25.4 Å². The quantitative estimate of drug-likeness (QED) is 0.781. The second-order valence-electron chi connectivity index (χ2n) is 3.55. The van der Waals surface area contributed by atoms with Crippen molar-refractivity contribution in [3.63, 3.8) is 0 Å². The van der Waals surface area contributed by atoms with Crippen LogP contribution in [-0.4, -0.2) is 17.1 Å². The third-order valence-corrected chi connectivity index (χ3v) is 2.09. The summed E-state index contributed by atoms with van der Waals surface area (Å²) in [5.41, 5.74) is 4.96. The van der Waals surface area contributed by atoms with Gasteiger partial charge < -0.3 is 10.5 Å². The molecule has 1 heterocycles. The highest BCUT2D eigenvalue weighted by Gasteiger charge is 2.25. The SMILES string of the molecule is COC(C)(C)c1nc(C)c(F)c(N)n1. The van der Waals surface area contributed by atoms with Crippen molar-refractivity contribution in [1.29, 1.82) is 0 Å². The predicted octanol–water partition coefficient (Wildman–Crippen LogP) is 1.39. The van der Waals surface area contributed by atoms with Gasteiger partial charge in [-0.25, -0.2) is 14.4 Å². The number of anilines is 1. The fourth-order valence-corrected chi connectivity index (χ4v) is 0.942. The summed E-state index contributed by atoms with van der Waals surface area (Å²) in [5.74, 6) is -0.324. The number of aryl methyl sites for hydroxylation is 1. The van der Waals surface area contributed by atoms with Gasteiger partial charge in [0.1, 0.15) is 5.60 Å². The van der Waals surface area contributed by atoms with Crippen LogP contribution in [0.3, 0.4) is 0 Å². The van der Waals surface area contributed by atoms with Crippen LogP contribution in [0.2, 0.25) is 0 Å². The number of ether oxygens (including phenoxy) is 1. The minimum Gasteiger partial charge on any atom is -0.381 e. The van der Waals surface area contributed by atoms with E-state index < -0.39 is 11.4 Å². The topological polar surface area (TPSA) is 61.0 Å². The molecule has 0 amide bonds. The Morgan fingerprint density at radius 2 is 1.93 bits per heavy atom. The molecular formula is C9H14FN3O. The highest BCUT2D eigenvalue weighted by Crippen LogP contribution is 2.22. The van der Waals surface area contributed by atoms with Gasteiger partial charge in [-0.1, -0.05) is 0 Å². The lowest BCUT2D eigenvalue weighted by Crippen LogP contribution is -2.24. The zero-order chi connectivity index (χ0) is 10.9. The minimum absolute atomic E-state index is 0.141. The smallest absolute Gasteiger partial charge is 0.186 e. The van der Waals surface area contributed by atoms with E-state index in [1.54, 1.807) is 20.8 Å². The summed E-state index contributed by atoms with van der Waals surface area (Å²) in [6.07, 6.45) is 0. The van der Waals surface area contributed by atoms with Crippen LogP contribution >= 0.6 is 0 Å². The molecule has 78 valence electrons. The standard InChI is InChI=1S/C9H14FN3O/c1-5-6(10)7(11)13-8(12-5)9(2,3)14-4/h1-4H3,(H2,11,12,13). The number of hydrogen-bond acceptors (Lipinski definition) is 4. The molecule has 5 heteroatoms. The van der Waals surface area contributed by atoms with E-state index in [0.717, 1.165) is 0 Å². The summed E-state index contributed by atoms with van der Waals surface area (Å²) in [6, 6.07) is 0. The van der Waals surface area contributed by atoms with E-state index in [9.17, 15) is 4.39 Å². The minimum atomic E-state index is -0.660. The number of hydrogen-bond donors (Lipinski definition) is 1. The van der Waals surface area contributed by atoms with Crippen LogP contribution in [0.4, 0.5) is 10.2 Å². The lowest BCUT2D eigenvalue weighted by molar-refractivity contribution is 0.0113. The third kappa shape index (κ3) is 1.82. The Kier molecular flexibility index (Phi) is 2.71. The molecule has 1 aromatic heterocycles. The summed E-state index contributed by atoms with van der Waals surface area (Å²) >= 11 is 0. The van der Waals surface area contributed by atoms with Crippen LogP contribution in [0.25, 0.3) is 0 Å². The summed E-state index contributed by atoms with van der Waals surface area (Å²) in [4.78, 5) is 7.83. The van der Waals surface area contributed by atoms with E-state index in [1.165, 1.54) is 7.11 Å². The van der Waals surface area contributed by atoms with Gasteiger partial charge >= 0.3 is 0 Å². The highest BCUT2D eigenvalue weighted by atomic mass is 19.1. The van der Waals surface area contributed by atoms with Crippen LogP contribution in [0, 0.1) is 12.7 Å². The maximum Gasteiger partial charge on any atom is 0.186 e. The van der Waals surface area contributed by atoms with Gasteiger partial charge in [-0.2, -0.15) is 0 Å². The molecule has 0 spiro atoms. The molecule has 0 aliphatic rings. The maximum absolute atomic E-state index is 13.1. The first-order valence-corrected chi connectivity index (χ1v) is 4.23. The van der Waals surface area contributed by atoms with Crippen LogP contribution in [-0.2, 0) is 10.3 Å². The van der Waals surface area contributed by atoms with Gasteiger partial charge in [-0.05, 0) is 20.8 Å². The van der Waals surface area contributed by atoms with Crippen molar-refractivity contribution in [2.24, 2.45) is 0 Å². The summed E-state index contributed by atoms with van der Waals surface area (Å²) in [7, 11) is 1.54. The van der Waals surface area contributed by atoms with Gasteiger partial charge in [0.2, 0.25) is 0 Å². The summed E-state index contributed by atoms with van der Waals surface area (Å²) in [6.45, 7) is 5.13. The van der Waals surface area contributed by atoms with Crippen molar-refractivity contribution < 1.29 is 9.13 Å². The van der Waals surface area contributed by atoms with E-state index in [-0.39, 0.29) is 11.5 Å². The number of nitrogen functional groups attached to an aromatic ring is 1. The molecule has 0 aliphatic heterocycles. The highest BCUT2D eigenvalue weighted by molar-refractivity contribution is 5.32. The van der Waals surface area contributed by atoms with E-state index in [1.807, 2.05) is 0 Å². The molecule has 0 bridgehead atoms. The first kappa shape index (κ1) is 10.8.